The van der Waals surface area contributed by atoms with E-state index in [1.54, 1.807) is 12.1 Å². The molecule has 0 bridgehead atoms. The maximum absolute atomic E-state index is 11.4. The first-order chi connectivity index (χ1) is 9.38. The summed E-state index contributed by atoms with van der Waals surface area (Å²) in [5.74, 6) is 1.61. The minimum Gasteiger partial charge on any atom is -0.310 e. The number of nitrogens with one attached hydrogen (secondary N) is 1. The Hall–Kier alpha value is -0.870. The van der Waals surface area contributed by atoms with Gasteiger partial charge in [-0.15, -0.1) is 0 Å². The Morgan fingerprint density at radius 3 is 2.40 bits per heavy atom. The minimum absolute atomic E-state index is 0.261. The fourth-order valence-corrected chi connectivity index (χ4v) is 3.61. The summed E-state index contributed by atoms with van der Waals surface area (Å²) < 4.78 is 22.9. The van der Waals surface area contributed by atoms with Crippen LogP contribution in [0.2, 0.25) is 0 Å². The molecule has 0 amide bonds. The molecule has 1 aromatic rings. The fourth-order valence-electron chi connectivity index (χ4n) is 2.98. The van der Waals surface area contributed by atoms with Crippen LogP contribution in [0.3, 0.4) is 0 Å². The summed E-state index contributed by atoms with van der Waals surface area (Å²) in [4.78, 5) is 0.387. The van der Waals surface area contributed by atoms with Crippen molar-refractivity contribution in [3.8, 4) is 0 Å². The van der Waals surface area contributed by atoms with E-state index in [9.17, 15) is 8.42 Å². The van der Waals surface area contributed by atoms with E-state index in [0.29, 0.717) is 4.90 Å². The van der Waals surface area contributed by atoms with Crippen LogP contribution in [0, 0.1) is 11.8 Å². The lowest BCUT2D eigenvalue weighted by Gasteiger charge is -2.20. The topological polar surface area (TPSA) is 46.2 Å². The van der Waals surface area contributed by atoms with Crippen molar-refractivity contribution in [2.45, 2.75) is 44.0 Å². The standard InChI is InChI=1S/C16H25NO2S/c1-12-5-4-6-15(12)11-17-13(2)14-7-9-16(10-8-14)20(3,18)19/h7-10,12-13,15,17H,4-6,11H2,1-3H3. The Morgan fingerprint density at radius 2 is 1.90 bits per heavy atom. The molecule has 4 heteroatoms. The van der Waals surface area contributed by atoms with E-state index in [-0.39, 0.29) is 6.04 Å². The van der Waals surface area contributed by atoms with Crippen LogP contribution in [-0.4, -0.2) is 21.2 Å². The molecule has 1 aliphatic rings. The smallest absolute Gasteiger partial charge is 0.175 e. The predicted octanol–water partition coefficient (Wildman–Crippen LogP) is 3.18. The van der Waals surface area contributed by atoms with Gasteiger partial charge in [-0.1, -0.05) is 31.9 Å². The highest BCUT2D eigenvalue weighted by atomic mass is 32.2. The third-order valence-corrected chi connectivity index (χ3v) is 5.66. The highest BCUT2D eigenvalue weighted by molar-refractivity contribution is 7.90. The molecule has 1 N–H and O–H groups in total. The van der Waals surface area contributed by atoms with Gasteiger partial charge in [0.1, 0.15) is 0 Å². The summed E-state index contributed by atoms with van der Waals surface area (Å²) >= 11 is 0. The van der Waals surface area contributed by atoms with E-state index in [0.717, 1.165) is 23.9 Å². The molecule has 2 rings (SSSR count). The molecule has 3 nitrogen and oxygen atoms in total. The van der Waals surface area contributed by atoms with Crippen LogP contribution in [0.25, 0.3) is 0 Å². The second-order valence-corrected chi connectivity index (χ2v) is 8.16. The van der Waals surface area contributed by atoms with Gasteiger partial charge < -0.3 is 5.32 Å². The summed E-state index contributed by atoms with van der Waals surface area (Å²) in [6.07, 6.45) is 5.27. The van der Waals surface area contributed by atoms with E-state index >= 15 is 0 Å². The Morgan fingerprint density at radius 1 is 1.25 bits per heavy atom. The van der Waals surface area contributed by atoms with Crippen molar-refractivity contribution in [3.05, 3.63) is 29.8 Å². The van der Waals surface area contributed by atoms with Gasteiger partial charge in [-0.25, -0.2) is 8.42 Å². The zero-order valence-corrected chi connectivity index (χ0v) is 13.4. The highest BCUT2D eigenvalue weighted by Crippen LogP contribution is 2.31. The molecule has 20 heavy (non-hydrogen) atoms. The monoisotopic (exact) mass is 295 g/mol. The first-order valence-corrected chi connectivity index (χ1v) is 9.30. The molecule has 0 saturated heterocycles. The Labute approximate surface area is 122 Å². The molecule has 1 saturated carbocycles. The lowest BCUT2D eigenvalue weighted by atomic mass is 9.97. The molecule has 0 aliphatic heterocycles. The molecule has 3 unspecified atom stereocenters. The van der Waals surface area contributed by atoms with Crippen molar-refractivity contribution in [2.24, 2.45) is 11.8 Å². The molecule has 0 radical (unpaired) electrons. The van der Waals surface area contributed by atoms with Gasteiger partial charge in [0.2, 0.25) is 0 Å². The van der Waals surface area contributed by atoms with Gasteiger partial charge in [0.25, 0.3) is 0 Å². The maximum atomic E-state index is 11.4. The first kappa shape index (κ1) is 15.5. The van der Waals surface area contributed by atoms with Crippen molar-refractivity contribution in [1.29, 1.82) is 0 Å². The summed E-state index contributed by atoms with van der Waals surface area (Å²) in [6, 6.07) is 7.47. The van der Waals surface area contributed by atoms with Gasteiger partial charge in [0, 0.05) is 12.3 Å². The number of benzene rings is 1. The van der Waals surface area contributed by atoms with Gasteiger partial charge in [0.05, 0.1) is 4.90 Å². The zero-order chi connectivity index (χ0) is 14.8. The third-order valence-electron chi connectivity index (χ3n) is 4.53. The summed E-state index contributed by atoms with van der Waals surface area (Å²) in [6.45, 7) is 5.52. The lowest BCUT2D eigenvalue weighted by Crippen LogP contribution is -2.27. The average molecular weight is 295 g/mol. The van der Waals surface area contributed by atoms with Crippen molar-refractivity contribution in [2.75, 3.05) is 12.8 Å². The van der Waals surface area contributed by atoms with Crippen molar-refractivity contribution in [3.63, 3.8) is 0 Å². The van der Waals surface area contributed by atoms with Gasteiger partial charge in [0.15, 0.2) is 9.84 Å². The molecule has 3 atom stereocenters. The molecular weight excluding hydrogens is 270 g/mol. The van der Waals surface area contributed by atoms with Gasteiger partial charge >= 0.3 is 0 Å². The van der Waals surface area contributed by atoms with Gasteiger partial charge in [-0.3, -0.25) is 0 Å². The molecule has 0 heterocycles. The predicted molar refractivity (Wildman–Crippen MR) is 82.5 cm³/mol. The minimum atomic E-state index is -3.10. The van der Waals surface area contributed by atoms with Crippen LogP contribution >= 0.6 is 0 Å². The lowest BCUT2D eigenvalue weighted by molar-refractivity contribution is 0.375. The molecule has 0 spiro atoms. The zero-order valence-electron chi connectivity index (χ0n) is 12.6. The molecule has 0 aromatic heterocycles. The summed E-state index contributed by atoms with van der Waals surface area (Å²) in [5.41, 5.74) is 1.14. The van der Waals surface area contributed by atoms with Crippen LogP contribution < -0.4 is 5.32 Å². The number of hydrogen-bond donors (Lipinski definition) is 1. The van der Waals surface area contributed by atoms with E-state index in [1.165, 1.54) is 25.5 Å². The van der Waals surface area contributed by atoms with E-state index < -0.39 is 9.84 Å². The SMILES string of the molecule is CC(NCC1CCCC1C)c1ccc(S(C)(=O)=O)cc1. The number of rotatable bonds is 5. The van der Waals surface area contributed by atoms with Gasteiger partial charge in [-0.05, 0) is 49.4 Å². The Kier molecular flexibility index (Phi) is 4.86. The van der Waals surface area contributed by atoms with Crippen LogP contribution in [-0.2, 0) is 9.84 Å². The molecule has 1 aromatic carbocycles. The first-order valence-electron chi connectivity index (χ1n) is 7.41. The second kappa shape index (κ2) is 6.27. The summed E-state index contributed by atoms with van der Waals surface area (Å²) in [5, 5.41) is 3.58. The second-order valence-electron chi connectivity index (χ2n) is 6.14. The van der Waals surface area contributed by atoms with E-state index in [4.69, 9.17) is 0 Å². The maximum Gasteiger partial charge on any atom is 0.175 e. The molecule has 1 aliphatic carbocycles. The van der Waals surface area contributed by atoms with Crippen LogP contribution in [0.4, 0.5) is 0 Å². The van der Waals surface area contributed by atoms with Crippen LogP contribution in [0.1, 0.15) is 44.7 Å². The molecule has 1 fully saturated rings. The van der Waals surface area contributed by atoms with E-state index in [1.807, 2.05) is 12.1 Å². The molecular formula is C16H25NO2S. The third kappa shape index (κ3) is 3.83. The van der Waals surface area contributed by atoms with Crippen LogP contribution in [0.15, 0.2) is 29.2 Å². The number of hydrogen-bond acceptors (Lipinski definition) is 3. The largest absolute Gasteiger partial charge is 0.310 e. The summed E-state index contributed by atoms with van der Waals surface area (Å²) in [7, 11) is -3.10. The van der Waals surface area contributed by atoms with Crippen molar-refractivity contribution in [1.82, 2.24) is 5.32 Å². The van der Waals surface area contributed by atoms with Crippen LogP contribution in [0.5, 0.6) is 0 Å². The van der Waals surface area contributed by atoms with Gasteiger partial charge in [-0.2, -0.15) is 0 Å². The number of sulfone groups is 1. The van der Waals surface area contributed by atoms with E-state index in [2.05, 4.69) is 19.2 Å². The molecule has 112 valence electrons. The van der Waals surface area contributed by atoms with Crippen molar-refractivity contribution < 1.29 is 8.42 Å². The quantitative estimate of drug-likeness (QED) is 0.907. The highest BCUT2D eigenvalue weighted by Gasteiger charge is 2.23. The average Bonchev–Trinajstić information content (AvgIpc) is 2.81. The fraction of sp³-hybridized carbons (Fsp3) is 0.625. The Balaban J connectivity index is 1.94. The Bertz CT molecular complexity index is 536. The van der Waals surface area contributed by atoms with Crippen molar-refractivity contribution >= 4 is 9.84 Å². The normalized spacial score (nSPS) is 24.8.